The first-order valence-electron chi connectivity index (χ1n) is 8.18. The number of nitrogens with two attached hydrogens (primary N) is 1. The summed E-state index contributed by atoms with van der Waals surface area (Å²) >= 11 is 0. The van der Waals surface area contributed by atoms with Crippen LogP contribution in [-0.4, -0.2) is 21.9 Å². The molecular weight excluding hydrogens is 324 g/mol. The molecule has 1 atom stereocenters. The fourth-order valence-electron chi connectivity index (χ4n) is 2.27. The molecule has 2 aromatic heterocycles. The van der Waals surface area contributed by atoms with Crippen molar-refractivity contribution >= 4 is 11.7 Å². The summed E-state index contributed by atoms with van der Waals surface area (Å²) in [4.78, 5) is 20.5. The number of hydrogen-bond donors (Lipinski definition) is 2. The molecule has 0 aliphatic carbocycles. The lowest BCUT2D eigenvalue weighted by Crippen LogP contribution is -2.32. The van der Waals surface area contributed by atoms with Gasteiger partial charge in [0.15, 0.2) is 0 Å². The van der Waals surface area contributed by atoms with E-state index >= 15 is 0 Å². The third-order valence-corrected chi connectivity index (χ3v) is 3.63. The van der Waals surface area contributed by atoms with Crippen LogP contribution in [0.3, 0.4) is 0 Å². The SMILES string of the molecule is CC(N)C(=O)Nc1ccc(-c2cccnc2)c(C#Cc2ccccc2)n1. The molecule has 2 heterocycles. The highest BCUT2D eigenvalue weighted by molar-refractivity contribution is 5.93. The molecule has 0 aliphatic heterocycles. The van der Waals surface area contributed by atoms with Crippen LogP contribution < -0.4 is 11.1 Å². The van der Waals surface area contributed by atoms with Crippen LogP contribution in [0.15, 0.2) is 67.0 Å². The van der Waals surface area contributed by atoms with Gasteiger partial charge in [-0.3, -0.25) is 9.78 Å². The molecule has 0 radical (unpaired) electrons. The average molecular weight is 342 g/mol. The zero-order valence-electron chi connectivity index (χ0n) is 14.3. The molecule has 3 rings (SSSR count). The minimum absolute atomic E-state index is 0.298. The van der Waals surface area contributed by atoms with Crippen molar-refractivity contribution in [3.8, 4) is 23.0 Å². The number of nitrogens with one attached hydrogen (secondary N) is 1. The van der Waals surface area contributed by atoms with Crippen LogP contribution in [0.2, 0.25) is 0 Å². The molecule has 0 spiro atoms. The van der Waals surface area contributed by atoms with Gasteiger partial charge in [-0.1, -0.05) is 30.2 Å². The van der Waals surface area contributed by atoms with E-state index in [0.29, 0.717) is 11.5 Å². The molecule has 1 unspecified atom stereocenters. The Hall–Kier alpha value is -3.49. The smallest absolute Gasteiger partial charge is 0.242 e. The zero-order valence-corrected chi connectivity index (χ0v) is 14.3. The summed E-state index contributed by atoms with van der Waals surface area (Å²) in [6, 6.07) is 16.4. The molecule has 3 N–H and O–H groups in total. The van der Waals surface area contributed by atoms with Crippen molar-refractivity contribution in [1.82, 2.24) is 9.97 Å². The van der Waals surface area contributed by atoms with Crippen molar-refractivity contribution in [3.05, 3.63) is 78.2 Å². The summed E-state index contributed by atoms with van der Waals surface area (Å²) in [6.45, 7) is 1.62. The van der Waals surface area contributed by atoms with Gasteiger partial charge in [-0.2, -0.15) is 0 Å². The van der Waals surface area contributed by atoms with Gasteiger partial charge >= 0.3 is 0 Å². The van der Waals surface area contributed by atoms with E-state index < -0.39 is 6.04 Å². The van der Waals surface area contributed by atoms with Gasteiger partial charge in [0.1, 0.15) is 11.5 Å². The fourth-order valence-corrected chi connectivity index (χ4v) is 2.27. The second-order valence-corrected chi connectivity index (χ2v) is 5.73. The maximum absolute atomic E-state index is 11.8. The molecule has 5 heteroatoms. The number of carbonyl (C=O) groups is 1. The minimum Gasteiger partial charge on any atom is -0.320 e. The lowest BCUT2D eigenvalue weighted by Gasteiger charge is -2.10. The van der Waals surface area contributed by atoms with E-state index in [9.17, 15) is 4.79 Å². The maximum Gasteiger partial charge on any atom is 0.242 e. The van der Waals surface area contributed by atoms with Crippen LogP contribution in [-0.2, 0) is 4.79 Å². The molecule has 0 bridgehead atoms. The Bertz CT molecular complexity index is 958. The molecule has 128 valence electrons. The monoisotopic (exact) mass is 342 g/mol. The molecule has 1 aromatic carbocycles. The van der Waals surface area contributed by atoms with E-state index in [1.807, 2.05) is 48.5 Å². The predicted octanol–water partition coefficient (Wildman–Crippen LogP) is 2.83. The summed E-state index contributed by atoms with van der Waals surface area (Å²) in [5.41, 5.74) is 8.80. The van der Waals surface area contributed by atoms with Crippen molar-refractivity contribution < 1.29 is 4.79 Å². The largest absolute Gasteiger partial charge is 0.320 e. The quantitative estimate of drug-likeness (QED) is 0.717. The Morgan fingerprint density at radius 1 is 1.08 bits per heavy atom. The van der Waals surface area contributed by atoms with Crippen molar-refractivity contribution in [2.75, 3.05) is 5.32 Å². The van der Waals surface area contributed by atoms with Crippen molar-refractivity contribution in [2.24, 2.45) is 5.73 Å². The van der Waals surface area contributed by atoms with Gasteiger partial charge in [0.05, 0.1) is 6.04 Å². The predicted molar refractivity (Wildman–Crippen MR) is 102 cm³/mol. The Morgan fingerprint density at radius 3 is 2.58 bits per heavy atom. The van der Waals surface area contributed by atoms with Gasteiger partial charge in [-0.05, 0) is 43.2 Å². The van der Waals surface area contributed by atoms with Gasteiger partial charge in [0.25, 0.3) is 0 Å². The number of aromatic nitrogens is 2. The maximum atomic E-state index is 11.8. The topological polar surface area (TPSA) is 80.9 Å². The first-order chi connectivity index (χ1) is 12.6. The number of nitrogens with zero attached hydrogens (tertiary/aromatic N) is 2. The van der Waals surface area contributed by atoms with Gasteiger partial charge in [0.2, 0.25) is 5.91 Å². The number of benzene rings is 1. The molecular formula is C21H18N4O. The Morgan fingerprint density at radius 2 is 1.88 bits per heavy atom. The number of rotatable bonds is 3. The summed E-state index contributed by atoms with van der Waals surface area (Å²) in [6.07, 6.45) is 3.47. The number of pyridine rings is 2. The summed E-state index contributed by atoms with van der Waals surface area (Å²) in [7, 11) is 0. The van der Waals surface area contributed by atoms with E-state index in [2.05, 4.69) is 27.1 Å². The van der Waals surface area contributed by atoms with Crippen LogP contribution in [0.5, 0.6) is 0 Å². The van der Waals surface area contributed by atoms with Crippen LogP contribution in [0.4, 0.5) is 5.82 Å². The molecule has 0 saturated carbocycles. The van der Waals surface area contributed by atoms with E-state index in [4.69, 9.17) is 5.73 Å². The third-order valence-electron chi connectivity index (χ3n) is 3.63. The minimum atomic E-state index is -0.617. The highest BCUT2D eigenvalue weighted by atomic mass is 16.2. The van der Waals surface area contributed by atoms with Crippen LogP contribution in [0.25, 0.3) is 11.1 Å². The number of carbonyl (C=O) groups excluding carboxylic acids is 1. The second kappa shape index (κ2) is 8.06. The molecule has 3 aromatic rings. The zero-order chi connectivity index (χ0) is 18.4. The molecule has 5 nitrogen and oxygen atoms in total. The highest BCUT2D eigenvalue weighted by Gasteiger charge is 2.11. The summed E-state index contributed by atoms with van der Waals surface area (Å²) in [5, 5.41) is 2.70. The normalized spacial score (nSPS) is 11.2. The van der Waals surface area contributed by atoms with Gasteiger partial charge in [-0.15, -0.1) is 0 Å². The van der Waals surface area contributed by atoms with Crippen LogP contribution >= 0.6 is 0 Å². The molecule has 26 heavy (non-hydrogen) atoms. The molecule has 0 aliphatic rings. The van der Waals surface area contributed by atoms with Gasteiger partial charge in [-0.25, -0.2) is 4.98 Å². The number of amides is 1. The van der Waals surface area contributed by atoms with E-state index in [-0.39, 0.29) is 5.91 Å². The Kier molecular flexibility index (Phi) is 5.37. The van der Waals surface area contributed by atoms with E-state index in [0.717, 1.165) is 16.7 Å². The second-order valence-electron chi connectivity index (χ2n) is 5.73. The van der Waals surface area contributed by atoms with Crippen LogP contribution in [0.1, 0.15) is 18.2 Å². The Labute approximate surface area is 152 Å². The van der Waals surface area contributed by atoms with Crippen molar-refractivity contribution in [1.29, 1.82) is 0 Å². The van der Waals surface area contributed by atoms with E-state index in [1.165, 1.54) is 0 Å². The van der Waals surface area contributed by atoms with E-state index in [1.54, 1.807) is 25.4 Å². The molecule has 1 amide bonds. The highest BCUT2D eigenvalue weighted by Crippen LogP contribution is 2.23. The third kappa shape index (κ3) is 4.32. The fraction of sp³-hybridized carbons (Fsp3) is 0.0952. The molecule has 0 saturated heterocycles. The Balaban J connectivity index is 2.02. The van der Waals surface area contributed by atoms with Gasteiger partial charge < -0.3 is 11.1 Å². The van der Waals surface area contributed by atoms with Crippen molar-refractivity contribution in [2.45, 2.75) is 13.0 Å². The lowest BCUT2D eigenvalue weighted by atomic mass is 10.1. The summed E-state index contributed by atoms with van der Waals surface area (Å²) in [5.74, 6) is 6.32. The average Bonchev–Trinajstić information content (AvgIpc) is 2.68. The summed E-state index contributed by atoms with van der Waals surface area (Å²) < 4.78 is 0. The first kappa shape index (κ1) is 17.3. The lowest BCUT2D eigenvalue weighted by molar-refractivity contribution is -0.117. The number of hydrogen-bond acceptors (Lipinski definition) is 4. The van der Waals surface area contributed by atoms with Crippen LogP contribution in [0, 0.1) is 11.8 Å². The van der Waals surface area contributed by atoms with Gasteiger partial charge in [0, 0.05) is 29.1 Å². The standard InChI is InChI=1S/C21H18N4O/c1-15(22)21(26)25-20-12-10-18(17-8-5-13-23-14-17)19(24-20)11-9-16-6-3-2-4-7-16/h2-8,10,12-15H,22H2,1H3,(H,24,25,26). The number of anilines is 1. The van der Waals surface area contributed by atoms with Crippen molar-refractivity contribution in [3.63, 3.8) is 0 Å². The first-order valence-corrected chi connectivity index (χ1v) is 8.18. The molecule has 0 fully saturated rings.